The lowest BCUT2D eigenvalue weighted by Gasteiger charge is -2.34. The topological polar surface area (TPSA) is 28.2 Å². The molecule has 1 aromatic heterocycles. The van der Waals surface area contributed by atoms with E-state index in [4.69, 9.17) is 23.2 Å². The van der Waals surface area contributed by atoms with Crippen molar-refractivity contribution in [2.24, 2.45) is 0 Å². The highest BCUT2D eigenvalue weighted by Gasteiger charge is 2.23. The summed E-state index contributed by atoms with van der Waals surface area (Å²) in [5.74, 6) is 0. The van der Waals surface area contributed by atoms with Gasteiger partial charge in [-0.1, -0.05) is 29.3 Å². The molecule has 1 fully saturated rings. The Morgan fingerprint density at radius 1 is 1.21 bits per heavy atom. The Bertz CT molecular complexity index is 388. The first-order valence-corrected chi connectivity index (χ1v) is 6.36. The SMILES string of the molecule is C=C[C@H](c1c(Cl)cncc1Cl)N1CCNCC1.Cl.Cl. The van der Waals surface area contributed by atoms with Gasteiger partial charge in [-0.25, -0.2) is 0 Å². The van der Waals surface area contributed by atoms with Crippen molar-refractivity contribution in [3.8, 4) is 0 Å². The number of hydrogen-bond acceptors (Lipinski definition) is 3. The average molecular weight is 345 g/mol. The minimum Gasteiger partial charge on any atom is -0.314 e. The lowest BCUT2D eigenvalue weighted by atomic mass is 10.1. The molecule has 1 aromatic rings. The van der Waals surface area contributed by atoms with Crippen molar-refractivity contribution in [1.82, 2.24) is 15.2 Å². The fourth-order valence-corrected chi connectivity index (χ4v) is 2.70. The van der Waals surface area contributed by atoms with Crippen molar-refractivity contribution in [1.29, 1.82) is 0 Å². The first-order chi connectivity index (χ1) is 8.24. The van der Waals surface area contributed by atoms with Gasteiger partial charge in [-0.2, -0.15) is 0 Å². The van der Waals surface area contributed by atoms with Crippen LogP contribution in [0, 0.1) is 0 Å². The number of pyridine rings is 1. The zero-order chi connectivity index (χ0) is 12.3. The van der Waals surface area contributed by atoms with Crippen LogP contribution in [-0.4, -0.2) is 36.1 Å². The third-order valence-corrected chi connectivity index (χ3v) is 3.56. The Kier molecular flexibility index (Phi) is 8.99. The highest BCUT2D eigenvalue weighted by Crippen LogP contribution is 2.33. The summed E-state index contributed by atoms with van der Waals surface area (Å²) in [6, 6.07) is 0.0556. The zero-order valence-corrected chi connectivity index (χ0v) is 13.5. The average Bonchev–Trinajstić information content (AvgIpc) is 2.35. The summed E-state index contributed by atoms with van der Waals surface area (Å²) in [7, 11) is 0. The number of piperazine rings is 1. The van der Waals surface area contributed by atoms with E-state index in [1.54, 1.807) is 12.4 Å². The lowest BCUT2D eigenvalue weighted by molar-refractivity contribution is 0.203. The van der Waals surface area contributed by atoms with E-state index >= 15 is 0 Å². The predicted molar refractivity (Wildman–Crippen MR) is 86.1 cm³/mol. The van der Waals surface area contributed by atoms with E-state index < -0.39 is 0 Å². The van der Waals surface area contributed by atoms with Crippen LogP contribution < -0.4 is 5.32 Å². The van der Waals surface area contributed by atoms with Gasteiger partial charge in [-0.15, -0.1) is 31.4 Å². The minimum atomic E-state index is 0. The number of nitrogens with zero attached hydrogens (tertiary/aromatic N) is 2. The normalized spacial score (nSPS) is 16.9. The molecule has 2 rings (SSSR count). The first-order valence-electron chi connectivity index (χ1n) is 5.60. The van der Waals surface area contributed by atoms with Crippen LogP contribution in [0.15, 0.2) is 25.0 Å². The standard InChI is InChI=1S/C12H15Cl2N3.2ClH/c1-2-11(17-5-3-15-4-6-17)12-9(13)7-16-8-10(12)14;;/h2,7-8,11,15H,1,3-6H2;2*1H/t11-;;/m1../s1. The van der Waals surface area contributed by atoms with Crippen LogP contribution in [0.1, 0.15) is 11.6 Å². The van der Waals surface area contributed by atoms with E-state index in [2.05, 4.69) is 21.8 Å². The minimum absolute atomic E-state index is 0. The molecule has 0 spiro atoms. The first kappa shape index (κ1) is 19.0. The Hall–Kier alpha value is -0.0300. The second-order valence-electron chi connectivity index (χ2n) is 3.98. The third-order valence-electron chi connectivity index (χ3n) is 2.95. The fraction of sp³-hybridized carbons (Fsp3) is 0.417. The molecule has 1 saturated heterocycles. The predicted octanol–water partition coefficient (Wildman–Crippen LogP) is 3.36. The maximum Gasteiger partial charge on any atom is 0.0655 e. The van der Waals surface area contributed by atoms with Gasteiger partial charge in [-0.3, -0.25) is 9.88 Å². The van der Waals surface area contributed by atoms with Gasteiger partial charge in [0.15, 0.2) is 0 Å². The van der Waals surface area contributed by atoms with Crippen molar-refractivity contribution >= 4 is 48.0 Å². The van der Waals surface area contributed by atoms with Crippen molar-refractivity contribution in [3.05, 3.63) is 40.7 Å². The van der Waals surface area contributed by atoms with Crippen LogP contribution >= 0.6 is 48.0 Å². The molecule has 1 atom stereocenters. The summed E-state index contributed by atoms with van der Waals surface area (Å²) < 4.78 is 0. The molecular formula is C12H17Cl4N3. The molecular weight excluding hydrogens is 328 g/mol. The van der Waals surface area contributed by atoms with Crippen LogP contribution in [0.3, 0.4) is 0 Å². The van der Waals surface area contributed by atoms with E-state index in [-0.39, 0.29) is 30.9 Å². The molecule has 1 N–H and O–H groups in total. The number of hydrogen-bond donors (Lipinski definition) is 1. The molecule has 0 aromatic carbocycles. The molecule has 108 valence electrons. The largest absolute Gasteiger partial charge is 0.314 e. The molecule has 0 unspecified atom stereocenters. The van der Waals surface area contributed by atoms with Crippen LogP contribution in [0.5, 0.6) is 0 Å². The molecule has 1 aliphatic rings. The molecule has 19 heavy (non-hydrogen) atoms. The number of aromatic nitrogens is 1. The van der Waals surface area contributed by atoms with Gasteiger partial charge in [-0.05, 0) is 0 Å². The van der Waals surface area contributed by atoms with Crippen molar-refractivity contribution in [2.45, 2.75) is 6.04 Å². The van der Waals surface area contributed by atoms with Crippen LogP contribution in [-0.2, 0) is 0 Å². The second kappa shape index (κ2) is 9.01. The molecule has 1 aliphatic heterocycles. The summed E-state index contributed by atoms with van der Waals surface area (Å²) in [4.78, 5) is 6.29. The molecule has 2 heterocycles. The van der Waals surface area contributed by atoms with Crippen molar-refractivity contribution < 1.29 is 0 Å². The molecule has 0 bridgehead atoms. The van der Waals surface area contributed by atoms with E-state index in [9.17, 15) is 0 Å². The quantitative estimate of drug-likeness (QED) is 0.852. The Morgan fingerprint density at radius 3 is 2.21 bits per heavy atom. The van der Waals surface area contributed by atoms with E-state index in [0.717, 1.165) is 31.7 Å². The Morgan fingerprint density at radius 2 is 1.74 bits per heavy atom. The van der Waals surface area contributed by atoms with Crippen molar-refractivity contribution in [3.63, 3.8) is 0 Å². The molecule has 7 heteroatoms. The number of nitrogens with one attached hydrogen (secondary N) is 1. The van der Waals surface area contributed by atoms with Gasteiger partial charge in [0.2, 0.25) is 0 Å². The molecule has 0 saturated carbocycles. The highest BCUT2D eigenvalue weighted by atomic mass is 35.5. The van der Waals surface area contributed by atoms with Crippen LogP contribution in [0.2, 0.25) is 10.0 Å². The molecule has 0 radical (unpaired) electrons. The van der Waals surface area contributed by atoms with Gasteiger partial charge in [0.05, 0.1) is 16.1 Å². The maximum absolute atomic E-state index is 6.19. The monoisotopic (exact) mass is 343 g/mol. The summed E-state index contributed by atoms with van der Waals surface area (Å²) >= 11 is 12.4. The lowest BCUT2D eigenvalue weighted by Crippen LogP contribution is -2.44. The zero-order valence-electron chi connectivity index (χ0n) is 10.3. The van der Waals surface area contributed by atoms with Gasteiger partial charge in [0, 0.05) is 44.1 Å². The van der Waals surface area contributed by atoms with E-state index in [1.165, 1.54) is 0 Å². The van der Waals surface area contributed by atoms with Crippen LogP contribution in [0.25, 0.3) is 0 Å². The van der Waals surface area contributed by atoms with Gasteiger partial charge < -0.3 is 5.32 Å². The van der Waals surface area contributed by atoms with Crippen molar-refractivity contribution in [2.75, 3.05) is 26.2 Å². The molecule has 0 aliphatic carbocycles. The molecule has 0 amide bonds. The Balaban J connectivity index is 0.00000162. The van der Waals surface area contributed by atoms with Gasteiger partial charge >= 0.3 is 0 Å². The summed E-state index contributed by atoms with van der Waals surface area (Å²) in [6.45, 7) is 7.78. The summed E-state index contributed by atoms with van der Waals surface area (Å²) in [5.41, 5.74) is 0.903. The second-order valence-corrected chi connectivity index (χ2v) is 4.80. The number of halogens is 4. The van der Waals surface area contributed by atoms with E-state index in [0.29, 0.717) is 10.0 Å². The highest BCUT2D eigenvalue weighted by molar-refractivity contribution is 6.35. The smallest absolute Gasteiger partial charge is 0.0655 e. The number of rotatable bonds is 3. The van der Waals surface area contributed by atoms with E-state index in [1.807, 2.05) is 6.08 Å². The fourth-order valence-electron chi connectivity index (χ4n) is 2.11. The van der Waals surface area contributed by atoms with Gasteiger partial charge in [0.25, 0.3) is 0 Å². The summed E-state index contributed by atoms with van der Waals surface area (Å²) in [5, 5.41) is 4.52. The molecule has 3 nitrogen and oxygen atoms in total. The Labute approximate surface area is 136 Å². The van der Waals surface area contributed by atoms with Crippen LogP contribution in [0.4, 0.5) is 0 Å². The third kappa shape index (κ3) is 4.48. The summed E-state index contributed by atoms with van der Waals surface area (Å²) in [6.07, 6.45) is 5.14. The van der Waals surface area contributed by atoms with Gasteiger partial charge in [0.1, 0.15) is 0 Å². The maximum atomic E-state index is 6.19.